The second kappa shape index (κ2) is 12.7. The molecular formula is C35H43N3O4S. The minimum absolute atomic E-state index is 0.0516. The third kappa shape index (κ3) is 5.22. The molecule has 2 aromatic rings. The van der Waals surface area contributed by atoms with Crippen LogP contribution in [0.1, 0.15) is 42.9 Å². The summed E-state index contributed by atoms with van der Waals surface area (Å²) in [4.78, 5) is 49.1. The number of para-hydroxylation sites is 1. The molecule has 3 amide bonds. The molecule has 2 unspecified atom stereocenters. The van der Waals surface area contributed by atoms with Crippen molar-refractivity contribution in [2.45, 2.75) is 68.7 Å². The van der Waals surface area contributed by atoms with Gasteiger partial charge in [-0.2, -0.15) is 0 Å². The van der Waals surface area contributed by atoms with Crippen molar-refractivity contribution in [1.82, 2.24) is 9.80 Å². The maximum atomic E-state index is 14.9. The van der Waals surface area contributed by atoms with Crippen LogP contribution < -0.4 is 4.90 Å². The quantitative estimate of drug-likeness (QED) is 0.350. The third-order valence-corrected chi connectivity index (χ3v) is 11.4. The van der Waals surface area contributed by atoms with Crippen molar-refractivity contribution in [3.8, 4) is 0 Å². The first kappa shape index (κ1) is 31.1. The molecule has 0 saturated carbocycles. The Bertz CT molecular complexity index is 1370. The van der Waals surface area contributed by atoms with E-state index in [9.17, 15) is 19.5 Å². The Morgan fingerprint density at radius 3 is 2.35 bits per heavy atom. The lowest BCUT2D eigenvalue weighted by Gasteiger charge is -2.40. The standard InChI is InChI=1S/C35H43N3O4S/c1-6-19-36(21-25-15-10-9-11-16-25)32(40)28-27-17-18-35(43-27)29(28)33(41)38(26(8-3)22-39)31(35)34(42)37(20-7-2)30-23(4)13-12-14-24(30)5/h6-7,9-16,26-29,31,39H,1-2,8,17-22H2,3-5H3/t26-,27-,28+,29-,31?,35?/m0/s1. The number of nitrogens with zero attached hydrogens (tertiary/aromatic N) is 3. The topological polar surface area (TPSA) is 81.2 Å². The fourth-order valence-corrected chi connectivity index (χ4v) is 9.85. The lowest BCUT2D eigenvalue weighted by molar-refractivity contribution is -0.145. The van der Waals surface area contributed by atoms with Gasteiger partial charge in [-0.25, -0.2) is 0 Å². The summed E-state index contributed by atoms with van der Waals surface area (Å²) in [5, 5.41) is 10.4. The smallest absolute Gasteiger partial charge is 0.251 e. The predicted octanol–water partition coefficient (Wildman–Crippen LogP) is 4.90. The van der Waals surface area contributed by atoms with Crippen molar-refractivity contribution in [3.63, 3.8) is 0 Å². The van der Waals surface area contributed by atoms with E-state index in [1.165, 1.54) is 0 Å². The molecule has 43 heavy (non-hydrogen) atoms. The number of hydrogen-bond donors (Lipinski definition) is 1. The van der Waals surface area contributed by atoms with Crippen LogP contribution in [0, 0.1) is 25.7 Å². The van der Waals surface area contributed by atoms with Crippen LogP contribution in [-0.2, 0) is 20.9 Å². The van der Waals surface area contributed by atoms with Gasteiger partial charge in [-0.1, -0.05) is 67.6 Å². The highest BCUT2D eigenvalue weighted by molar-refractivity contribution is 8.02. The molecule has 5 rings (SSSR count). The van der Waals surface area contributed by atoms with Gasteiger partial charge in [-0.05, 0) is 49.8 Å². The van der Waals surface area contributed by atoms with Gasteiger partial charge in [0.15, 0.2) is 0 Å². The first-order valence-corrected chi connectivity index (χ1v) is 16.1. The molecule has 2 bridgehead atoms. The molecule has 6 atom stereocenters. The molecular weight excluding hydrogens is 558 g/mol. The first-order valence-electron chi connectivity index (χ1n) is 15.3. The number of fused-ring (bicyclic) bond motifs is 1. The molecule has 2 aromatic carbocycles. The average molecular weight is 602 g/mol. The van der Waals surface area contributed by atoms with Gasteiger partial charge in [0.05, 0.1) is 29.2 Å². The summed E-state index contributed by atoms with van der Waals surface area (Å²) < 4.78 is -0.746. The van der Waals surface area contributed by atoms with Crippen molar-refractivity contribution in [2.24, 2.45) is 11.8 Å². The van der Waals surface area contributed by atoms with Crippen LogP contribution in [0.4, 0.5) is 5.69 Å². The van der Waals surface area contributed by atoms with E-state index in [4.69, 9.17) is 0 Å². The zero-order valence-corrected chi connectivity index (χ0v) is 26.3. The molecule has 1 spiro atoms. The Hall–Kier alpha value is -3.36. The van der Waals surface area contributed by atoms with Crippen LogP contribution >= 0.6 is 11.8 Å². The molecule has 3 fully saturated rings. The van der Waals surface area contributed by atoms with Gasteiger partial charge < -0.3 is 19.8 Å². The number of carbonyl (C=O) groups is 3. The van der Waals surface area contributed by atoms with E-state index in [2.05, 4.69) is 13.2 Å². The van der Waals surface area contributed by atoms with Gasteiger partial charge in [0, 0.05) is 30.6 Å². The van der Waals surface area contributed by atoms with E-state index in [1.807, 2.05) is 69.3 Å². The number of aryl methyl sites for hydroxylation is 2. The Balaban J connectivity index is 1.58. The molecule has 3 aliphatic rings. The summed E-state index contributed by atoms with van der Waals surface area (Å²) in [7, 11) is 0. The highest BCUT2D eigenvalue weighted by Gasteiger charge is 2.74. The number of carbonyl (C=O) groups excluding carboxylic acids is 3. The minimum Gasteiger partial charge on any atom is -0.394 e. The van der Waals surface area contributed by atoms with Crippen molar-refractivity contribution in [1.29, 1.82) is 0 Å². The van der Waals surface area contributed by atoms with Crippen molar-refractivity contribution >= 4 is 35.2 Å². The van der Waals surface area contributed by atoms with Crippen LogP contribution in [0.3, 0.4) is 0 Å². The maximum Gasteiger partial charge on any atom is 0.251 e. The molecule has 0 aromatic heterocycles. The summed E-state index contributed by atoms with van der Waals surface area (Å²) in [5.74, 6) is -1.60. The number of likely N-dealkylation sites (tertiary alicyclic amines) is 1. The predicted molar refractivity (Wildman–Crippen MR) is 173 cm³/mol. The molecule has 0 radical (unpaired) electrons. The Morgan fingerprint density at radius 2 is 1.74 bits per heavy atom. The summed E-state index contributed by atoms with van der Waals surface area (Å²) in [6, 6.07) is 14.5. The number of amides is 3. The summed E-state index contributed by atoms with van der Waals surface area (Å²) >= 11 is 1.66. The number of aliphatic hydroxyl groups excluding tert-OH is 1. The van der Waals surface area contributed by atoms with Gasteiger partial charge in [-0.3, -0.25) is 14.4 Å². The van der Waals surface area contributed by atoms with Gasteiger partial charge in [0.25, 0.3) is 5.91 Å². The Labute approximate surface area is 259 Å². The molecule has 0 aliphatic carbocycles. The Kier molecular flexibility index (Phi) is 9.18. The van der Waals surface area contributed by atoms with Gasteiger partial charge in [0.1, 0.15) is 6.04 Å². The highest BCUT2D eigenvalue weighted by Crippen LogP contribution is 2.67. The van der Waals surface area contributed by atoms with Gasteiger partial charge in [0.2, 0.25) is 11.8 Å². The molecule has 228 valence electrons. The van der Waals surface area contributed by atoms with Crippen molar-refractivity contribution in [2.75, 3.05) is 24.6 Å². The molecule has 3 heterocycles. The van der Waals surface area contributed by atoms with Crippen LogP contribution in [-0.4, -0.2) is 74.4 Å². The van der Waals surface area contributed by atoms with E-state index in [0.29, 0.717) is 32.5 Å². The summed E-state index contributed by atoms with van der Waals surface area (Å²) in [6.07, 6.45) is 5.37. The minimum atomic E-state index is -0.796. The van der Waals surface area contributed by atoms with Crippen LogP contribution in [0.2, 0.25) is 0 Å². The normalized spacial score (nSPS) is 26.2. The average Bonchev–Trinajstić information content (AvgIpc) is 3.64. The monoisotopic (exact) mass is 601 g/mol. The molecule has 3 saturated heterocycles. The fraction of sp³-hybridized carbons (Fsp3) is 0.457. The molecule has 1 N–H and O–H groups in total. The number of benzene rings is 2. The number of anilines is 1. The lowest BCUT2D eigenvalue weighted by Crippen LogP contribution is -2.57. The van der Waals surface area contributed by atoms with E-state index < -0.39 is 28.7 Å². The van der Waals surface area contributed by atoms with E-state index in [1.54, 1.807) is 38.6 Å². The number of hydrogen-bond acceptors (Lipinski definition) is 5. The Morgan fingerprint density at radius 1 is 1.07 bits per heavy atom. The molecule has 3 aliphatic heterocycles. The number of rotatable bonds is 12. The number of aliphatic hydroxyl groups is 1. The second-order valence-electron chi connectivity index (χ2n) is 12.0. The molecule has 8 heteroatoms. The van der Waals surface area contributed by atoms with E-state index >= 15 is 0 Å². The zero-order valence-electron chi connectivity index (χ0n) is 25.4. The lowest BCUT2D eigenvalue weighted by atomic mass is 9.70. The third-order valence-electron chi connectivity index (χ3n) is 9.50. The van der Waals surface area contributed by atoms with E-state index in [-0.39, 0.29) is 29.6 Å². The number of thioether (sulfide) groups is 1. The van der Waals surface area contributed by atoms with Crippen LogP contribution in [0.5, 0.6) is 0 Å². The van der Waals surface area contributed by atoms with E-state index in [0.717, 1.165) is 28.8 Å². The SMILES string of the molecule is C=CCN(Cc1ccccc1)C(=O)[C@@H]1[C@@H]2CCC3(S2)C(C(=O)N(CC=C)c2c(C)cccc2C)N([C@@H](CC)CO)C(=O)[C@H]13. The maximum absolute atomic E-state index is 14.9. The van der Waals surface area contributed by atoms with Crippen molar-refractivity contribution < 1.29 is 19.5 Å². The fourth-order valence-electron chi connectivity index (χ4n) is 7.66. The first-order chi connectivity index (χ1) is 20.7. The second-order valence-corrected chi connectivity index (χ2v) is 13.6. The van der Waals surface area contributed by atoms with Crippen LogP contribution in [0.25, 0.3) is 0 Å². The van der Waals surface area contributed by atoms with Gasteiger partial charge >= 0.3 is 0 Å². The van der Waals surface area contributed by atoms with Gasteiger partial charge in [-0.15, -0.1) is 24.9 Å². The molecule has 7 nitrogen and oxygen atoms in total. The zero-order chi connectivity index (χ0) is 30.9. The van der Waals surface area contributed by atoms with Crippen molar-refractivity contribution in [3.05, 3.63) is 90.5 Å². The summed E-state index contributed by atoms with van der Waals surface area (Å²) in [5.41, 5.74) is 3.76. The highest BCUT2D eigenvalue weighted by atomic mass is 32.2. The van der Waals surface area contributed by atoms with Crippen LogP contribution in [0.15, 0.2) is 73.8 Å². The summed E-state index contributed by atoms with van der Waals surface area (Å²) in [6.45, 7) is 14.6. The largest absolute Gasteiger partial charge is 0.394 e.